The van der Waals surface area contributed by atoms with Gasteiger partial charge in [-0.15, -0.1) is 0 Å². The van der Waals surface area contributed by atoms with Crippen molar-refractivity contribution >= 4 is 16.7 Å². The summed E-state index contributed by atoms with van der Waals surface area (Å²) in [5, 5.41) is 1.86. The van der Waals surface area contributed by atoms with Crippen LogP contribution in [-0.2, 0) is 0 Å². The molecular formula is C27H22F2O2. The van der Waals surface area contributed by atoms with Gasteiger partial charge >= 0.3 is 5.97 Å². The van der Waals surface area contributed by atoms with Crippen molar-refractivity contribution in [3.63, 3.8) is 0 Å². The molecule has 0 spiro atoms. The quantitative estimate of drug-likeness (QED) is 0.260. The summed E-state index contributed by atoms with van der Waals surface area (Å²) in [6, 6.07) is 17.7. The summed E-state index contributed by atoms with van der Waals surface area (Å²) in [4.78, 5) is 12.5. The molecule has 0 aliphatic rings. The van der Waals surface area contributed by atoms with Crippen LogP contribution in [0.2, 0.25) is 0 Å². The van der Waals surface area contributed by atoms with E-state index in [-0.39, 0.29) is 11.3 Å². The van der Waals surface area contributed by atoms with Gasteiger partial charge in [0.15, 0.2) is 0 Å². The van der Waals surface area contributed by atoms with Crippen molar-refractivity contribution in [2.45, 2.75) is 27.7 Å². The Morgan fingerprint density at radius 1 is 0.742 bits per heavy atom. The van der Waals surface area contributed by atoms with E-state index in [1.165, 1.54) is 29.2 Å². The number of benzene rings is 4. The van der Waals surface area contributed by atoms with Crippen LogP contribution < -0.4 is 4.74 Å². The van der Waals surface area contributed by atoms with Crippen LogP contribution in [-0.4, -0.2) is 5.97 Å². The average Bonchev–Trinajstić information content (AvgIpc) is 2.70. The predicted octanol–water partition coefficient (Wildman–Crippen LogP) is 7.24. The maximum Gasteiger partial charge on any atom is 0.343 e. The maximum absolute atomic E-state index is 13.7. The number of ether oxygens (including phenoxy) is 1. The van der Waals surface area contributed by atoms with Crippen LogP contribution in [0.15, 0.2) is 60.7 Å². The van der Waals surface area contributed by atoms with Crippen molar-refractivity contribution in [3.05, 3.63) is 100 Å². The van der Waals surface area contributed by atoms with Crippen molar-refractivity contribution in [2.24, 2.45) is 0 Å². The lowest BCUT2D eigenvalue weighted by atomic mass is 9.92. The number of halogens is 2. The van der Waals surface area contributed by atoms with Gasteiger partial charge in [0.05, 0.1) is 5.56 Å². The van der Waals surface area contributed by atoms with Crippen LogP contribution in [0.4, 0.5) is 8.78 Å². The Labute approximate surface area is 180 Å². The van der Waals surface area contributed by atoms with Gasteiger partial charge in [-0.05, 0) is 78.9 Å². The second-order valence-corrected chi connectivity index (χ2v) is 7.95. The summed E-state index contributed by atoms with van der Waals surface area (Å²) >= 11 is 0. The molecule has 156 valence electrons. The smallest absolute Gasteiger partial charge is 0.343 e. The number of fused-ring (bicyclic) bond motifs is 1. The SMILES string of the molecule is Cc1cc(C)c(-c2ccc3cc(C(=O)Oc4cc(F)c(C)c(F)c4)ccc3c2)c(C)c1. The Morgan fingerprint density at radius 2 is 1.32 bits per heavy atom. The number of carbonyl (C=O) groups is 1. The van der Waals surface area contributed by atoms with E-state index in [0.717, 1.165) is 28.5 Å². The van der Waals surface area contributed by atoms with Gasteiger partial charge < -0.3 is 4.74 Å². The third-order valence-electron chi connectivity index (χ3n) is 5.51. The minimum atomic E-state index is -0.754. The fourth-order valence-electron chi connectivity index (χ4n) is 4.01. The van der Waals surface area contributed by atoms with Gasteiger partial charge in [0.25, 0.3) is 0 Å². The van der Waals surface area contributed by atoms with E-state index in [0.29, 0.717) is 5.56 Å². The number of aryl methyl sites for hydroxylation is 3. The van der Waals surface area contributed by atoms with Crippen LogP contribution in [0.1, 0.15) is 32.6 Å². The molecule has 4 aromatic carbocycles. The Morgan fingerprint density at radius 3 is 1.97 bits per heavy atom. The topological polar surface area (TPSA) is 26.3 Å². The lowest BCUT2D eigenvalue weighted by Gasteiger charge is -2.13. The number of carbonyl (C=O) groups excluding carboxylic acids is 1. The summed E-state index contributed by atoms with van der Waals surface area (Å²) < 4.78 is 32.6. The molecule has 0 aliphatic carbocycles. The van der Waals surface area contributed by atoms with E-state index in [4.69, 9.17) is 4.74 Å². The van der Waals surface area contributed by atoms with Crippen molar-refractivity contribution < 1.29 is 18.3 Å². The van der Waals surface area contributed by atoms with E-state index in [1.807, 2.05) is 18.2 Å². The summed E-state index contributed by atoms with van der Waals surface area (Å²) in [5.74, 6) is -2.34. The van der Waals surface area contributed by atoms with E-state index in [2.05, 4.69) is 39.0 Å². The fourth-order valence-corrected chi connectivity index (χ4v) is 4.01. The molecule has 31 heavy (non-hydrogen) atoms. The van der Waals surface area contributed by atoms with Crippen LogP contribution in [0.5, 0.6) is 5.75 Å². The van der Waals surface area contributed by atoms with Crippen LogP contribution in [0.3, 0.4) is 0 Å². The minimum absolute atomic E-state index is 0.111. The van der Waals surface area contributed by atoms with Gasteiger partial charge in [-0.25, -0.2) is 13.6 Å². The average molecular weight is 416 g/mol. The second kappa shape index (κ2) is 7.95. The molecule has 0 radical (unpaired) electrons. The van der Waals surface area contributed by atoms with Crippen molar-refractivity contribution in [1.82, 2.24) is 0 Å². The molecule has 4 aromatic rings. The molecule has 0 amide bonds. The Balaban J connectivity index is 1.65. The summed E-state index contributed by atoms with van der Waals surface area (Å²) in [7, 11) is 0. The van der Waals surface area contributed by atoms with Gasteiger partial charge in [-0.3, -0.25) is 0 Å². The van der Waals surface area contributed by atoms with E-state index in [1.54, 1.807) is 12.1 Å². The molecule has 2 nitrogen and oxygen atoms in total. The summed E-state index contributed by atoms with van der Waals surface area (Å²) in [5.41, 5.74) is 6.19. The zero-order chi connectivity index (χ0) is 22.3. The normalized spacial score (nSPS) is 11.0. The zero-order valence-corrected chi connectivity index (χ0v) is 17.8. The molecule has 0 aromatic heterocycles. The first kappa shape index (κ1) is 20.7. The molecule has 0 bridgehead atoms. The van der Waals surface area contributed by atoms with Gasteiger partial charge in [0, 0.05) is 17.7 Å². The minimum Gasteiger partial charge on any atom is -0.423 e. The first-order valence-electron chi connectivity index (χ1n) is 10.0. The third kappa shape index (κ3) is 4.06. The predicted molar refractivity (Wildman–Crippen MR) is 120 cm³/mol. The monoisotopic (exact) mass is 416 g/mol. The highest BCUT2D eigenvalue weighted by Crippen LogP contribution is 2.31. The fraction of sp³-hybridized carbons (Fsp3) is 0.148. The highest BCUT2D eigenvalue weighted by atomic mass is 19.1. The number of esters is 1. The van der Waals surface area contributed by atoms with Crippen LogP contribution in [0.25, 0.3) is 21.9 Å². The second-order valence-electron chi connectivity index (χ2n) is 7.95. The van der Waals surface area contributed by atoms with Gasteiger partial charge in [0.1, 0.15) is 17.4 Å². The summed E-state index contributed by atoms with van der Waals surface area (Å²) in [6.45, 7) is 7.63. The summed E-state index contributed by atoms with van der Waals surface area (Å²) in [6.07, 6.45) is 0. The Kier molecular flexibility index (Phi) is 5.32. The van der Waals surface area contributed by atoms with E-state index >= 15 is 0 Å². The maximum atomic E-state index is 13.7. The first-order chi connectivity index (χ1) is 14.7. The lowest BCUT2D eigenvalue weighted by molar-refractivity contribution is 0.0734. The molecule has 0 N–H and O–H groups in total. The lowest BCUT2D eigenvalue weighted by Crippen LogP contribution is -2.09. The molecule has 4 heteroatoms. The van der Waals surface area contributed by atoms with Gasteiger partial charge in [0.2, 0.25) is 0 Å². The molecule has 4 rings (SSSR count). The van der Waals surface area contributed by atoms with Crippen molar-refractivity contribution in [3.8, 4) is 16.9 Å². The number of rotatable bonds is 3. The largest absolute Gasteiger partial charge is 0.423 e. The van der Waals surface area contributed by atoms with Crippen LogP contribution in [0, 0.1) is 39.3 Å². The van der Waals surface area contributed by atoms with Crippen LogP contribution >= 0.6 is 0 Å². The number of hydrogen-bond donors (Lipinski definition) is 0. The molecule has 0 aliphatic heterocycles. The first-order valence-corrected chi connectivity index (χ1v) is 10.0. The molecule has 0 unspecified atom stereocenters. The van der Waals surface area contributed by atoms with Gasteiger partial charge in [-0.1, -0.05) is 35.9 Å². The molecule has 0 fully saturated rings. The zero-order valence-electron chi connectivity index (χ0n) is 17.8. The highest BCUT2D eigenvalue weighted by Gasteiger charge is 2.14. The van der Waals surface area contributed by atoms with E-state index in [9.17, 15) is 13.6 Å². The van der Waals surface area contributed by atoms with Crippen molar-refractivity contribution in [2.75, 3.05) is 0 Å². The van der Waals surface area contributed by atoms with Gasteiger partial charge in [-0.2, -0.15) is 0 Å². The van der Waals surface area contributed by atoms with E-state index < -0.39 is 17.6 Å². The highest BCUT2D eigenvalue weighted by molar-refractivity contribution is 5.97. The molecule has 0 heterocycles. The Bertz CT molecular complexity index is 1290. The molecular weight excluding hydrogens is 394 g/mol. The standard InChI is InChI=1S/C27H22F2O2/c1-15-9-16(2)26(17(3)10-15)21-7-5-20-12-22(8-6-19(20)11-21)27(30)31-23-13-24(28)18(4)25(29)14-23/h5-14H,1-4H3. The Hall–Kier alpha value is -3.53. The van der Waals surface area contributed by atoms with Crippen molar-refractivity contribution in [1.29, 1.82) is 0 Å². The third-order valence-corrected chi connectivity index (χ3v) is 5.51. The molecule has 0 saturated carbocycles. The number of hydrogen-bond acceptors (Lipinski definition) is 2. The molecule has 0 atom stereocenters. The molecule has 0 saturated heterocycles.